The Morgan fingerprint density at radius 2 is 1.94 bits per heavy atom. The molecule has 3 heterocycles. The average molecular weight is 467 g/mol. The molecule has 1 saturated carbocycles. The first-order valence-electron chi connectivity index (χ1n) is 10.4. The SMILES string of the molecule is NC(=O)c1cc(Sc2cccnc2C(F)(F)F)c(N)nc1N1CCC2(CCCC2N)CC1. The first-order valence-corrected chi connectivity index (χ1v) is 11.2. The van der Waals surface area contributed by atoms with E-state index in [1.54, 1.807) is 0 Å². The fourth-order valence-corrected chi connectivity index (χ4v) is 5.73. The van der Waals surface area contributed by atoms with Gasteiger partial charge in [-0.3, -0.25) is 9.78 Å². The number of carbonyl (C=O) groups excluding carboxylic acids is 1. The summed E-state index contributed by atoms with van der Waals surface area (Å²) in [5, 5.41) is 0. The molecule has 4 rings (SSSR count). The van der Waals surface area contributed by atoms with Crippen LogP contribution in [-0.4, -0.2) is 35.0 Å². The summed E-state index contributed by atoms with van der Waals surface area (Å²) in [6.45, 7) is 1.32. The smallest absolute Gasteiger partial charge is 0.383 e. The molecule has 2 aromatic heterocycles. The Labute approximate surface area is 187 Å². The highest BCUT2D eigenvalue weighted by Crippen LogP contribution is 2.46. The molecule has 1 spiro atoms. The van der Waals surface area contributed by atoms with Gasteiger partial charge in [0.05, 0.1) is 10.5 Å². The fraction of sp³-hybridized carbons (Fsp3) is 0.476. The molecule has 32 heavy (non-hydrogen) atoms. The lowest BCUT2D eigenvalue weighted by molar-refractivity contribution is -0.143. The van der Waals surface area contributed by atoms with Crippen molar-refractivity contribution in [2.24, 2.45) is 16.9 Å². The summed E-state index contributed by atoms with van der Waals surface area (Å²) in [6.07, 6.45) is 1.47. The van der Waals surface area contributed by atoms with Gasteiger partial charge in [-0.25, -0.2) is 4.98 Å². The van der Waals surface area contributed by atoms with Gasteiger partial charge < -0.3 is 22.1 Å². The van der Waals surface area contributed by atoms with E-state index < -0.39 is 17.8 Å². The standard InChI is InChI=1S/C21H25F3N6OS/c22-21(23,24)16-13(3-2-8-28-16)32-14-11-12(18(27)31)19(29-17(14)26)30-9-6-20(7-10-30)5-1-4-15(20)25/h2-3,8,11,15H,1,4-7,9-10,25H2,(H2,26,29)(H2,27,31). The first kappa shape index (κ1) is 22.7. The number of aromatic nitrogens is 2. The van der Waals surface area contributed by atoms with Crippen LogP contribution in [0.1, 0.15) is 48.2 Å². The maximum absolute atomic E-state index is 13.3. The van der Waals surface area contributed by atoms with E-state index >= 15 is 0 Å². The summed E-state index contributed by atoms with van der Waals surface area (Å²) in [5.74, 6) is -0.317. The largest absolute Gasteiger partial charge is 0.434 e. The third-order valence-corrected chi connectivity index (χ3v) is 7.65. The van der Waals surface area contributed by atoms with Gasteiger partial charge in [-0.1, -0.05) is 18.2 Å². The predicted octanol–water partition coefficient (Wildman–Crippen LogP) is 3.43. The summed E-state index contributed by atoms with van der Waals surface area (Å²) in [7, 11) is 0. The van der Waals surface area contributed by atoms with Gasteiger partial charge in [-0.05, 0) is 49.3 Å². The van der Waals surface area contributed by atoms with Gasteiger partial charge >= 0.3 is 6.18 Å². The van der Waals surface area contributed by atoms with E-state index in [1.807, 2.05) is 4.90 Å². The van der Waals surface area contributed by atoms with Crippen LogP contribution in [0.2, 0.25) is 0 Å². The highest BCUT2D eigenvalue weighted by Gasteiger charge is 2.43. The van der Waals surface area contributed by atoms with Gasteiger partial charge in [-0.2, -0.15) is 13.2 Å². The molecule has 6 N–H and O–H groups in total. The molecule has 1 aliphatic heterocycles. The van der Waals surface area contributed by atoms with Crippen LogP contribution in [0.4, 0.5) is 24.8 Å². The Balaban J connectivity index is 1.62. The predicted molar refractivity (Wildman–Crippen MR) is 116 cm³/mol. The summed E-state index contributed by atoms with van der Waals surface area (Å²) in [6, 6.07) is 4.30. The molecule has 0 bridgehead atoms. The van der Waals surface area contributed by atoms with Gasteiger partial charge in [0.1, 0.15) is 11.6 Å². The molecule has 2 fully saturated rings. The molecule has 2 aromatic rings. The van der Waals surface area contributed by atoms with Gasteiger partial charge in [0.25, 0.3) is 5.91 Å². The molecule has 1 aliphatic carbocycles. The van der Waals surface area contributed by atoms with E-state index in [0.29, 0.717) is 18.9 Å². The summed E-state index contributed by atoms with van der Waals surface area (Å²) >= 11 is 0.757. The Bertz CT molecular complexity index is 1020. The molecule has 1 unspecified atom stereocenters. The second-order valence-corrected chi connectivity index (χ2v) is 9.49. The molecular formula is C21H25F3N6OS. The van der Waals surface area contributed by atoms with Crippen molar-refractivity contribution in [3.8, 4) is 0 Å². The summed E-state index contributed by atoms with van der Waals surface area (Å²) < 4.78 is 39.9. The number of primary amides is 1. The van der Waals surface area contributed by atoms with Crippen molar-refractivity contribution >= 4 is 29.3 Å². The number of nitrogens with two attached hydrogens (primary N) is 3. The van der Waals surface area contributed by atoms with Crippen molar-refractivity contribution in [1.82, 2.24) is 9.97 Å². The van der Waals surface area contributed by atoms with Crippen LogP contribution >= 0.6 is 11.8 Å². The van der Waals surface area contributed by atoms with Gasteiger partial charge in [0.15, 0.2) is 5.69 Å². The third-order valence-electron chi connectivity index (χ3n) is 6.55. The van der Waals surface area contributed by atoms with Crippen LogP contribution in [0.25, 0.3) is 0 Å². The molecular weight excluding hydrogens is 441 g/mol. The van der Waals surface area contributed by atoms with Crippen LogP contribution in [0, 0.1) is 5.41 Å². The van der Waals surface area contributed by atoms with E-state index in [9.17, 15) is 18.0 Å². The maximum atomic E-state index is 13.3. The van der Waals surface area contributed by atoms with Gasteiger partial charge in [-0.15, -0.1) is 0 Å². The third kappa shape index (κ3) is 4.23. The van der Waals surface area contributed by atoms with Crippen molar-refractivity contribution in [1.29, 1.82) is 0 Å². The van der Waals surface area contributed by atoms with E-state index in [1.165, 1.54) is 18.2 Å². The minimum atomic E-state index is -4.62. The molecule has 2 aliphatic rings. The Morgan fingerprint density at radius 1 is 1.22 bits per heavy atom. The van der Waals surface area contributed by atoms with Crippen molar-refractivity contribution in [2.45, 2.75) is 54.1 Å². The van der Waals surface area contributed by atoms with Gasteiger partial charge in [0.2, 0.25) is 0 Å². The number of nitrogen functional groups attached to an aromatic ring is 1. The molecule has 172 valence electrons. The molecule has 11 heteroatoms. The monoisotopic (exact) mass is 466 g/mol. The van der Waals surface area contributed by atoms with Crippen molar-refractivity contribution in [2.75, 3.05) is 23.7 Å². The normalized spacial score (nSPS) is 20.6. The Morgan fingerprint density at radius 3 is 2.53 bits per heavy atom. The van der Waals surface area contributed by atoms with E-state index in [0.717, 1.165) is 50.1 Å². The minimum Gasteiger partial charge on any atom is -0.383 e. The number of anilines is 2. The highest BCUT2D eigenvalue weighted by atomic mass is 32.2. The van der Waals surface area contributed by atoms with E-state index in [2.05, 4.69) is 9.97 Å². The maximum Gasteiger partial charge on any atom is 0.434 e. The number of hydrogen-bond donors (Lipinski definition) is 3. The second kappa shape index (κ2) is 8.43. The molecule has 1 atom stereocenters. The van der Waals surface area contributed by atoms with E-state index in [4.69, 9.17) is 17.2 Å². The average Bonchev–Trinajstić information content (AvgIpc) is 3.09. The van der Waals surface area contributed by atoms with Crippen LogP contribution in [0.15, 0.2) is 34.2 Å². The van der Waals surface area contributed by atoms with Crippen LogP contribution in [0.3, 0.4) is 0 Å². The fourth-order valence-electron chi connectivity index (χ4n) is 4.76. The second-order valence-electron chi connectivity index (χ2n) is 8.41. The Hall–Kier alpha value is -2.53. The van der Waals surface area contributed by atoms with Crippen molar-refractivity contribution in [3.63, 3.8) is 0 Å². The Kier molecular flexibility index (Phi) is 5.97. The number of hydrogen-bond acceptors (Lipinski definition) is 7. The zero-order valence-corrected chi connectivity index (χ0v) is 18.2. The molecule has 0 radical (unpaired) electrons. The van der Waals surface area contributed by atoms with E-state index in [-0.39, 0.29) is 32.6 Å². The lowest BCUT2D eigenvalue weighted by atomic mass is 9.74. The number of carbonyl (C=O) groups is 1. The first-order chi connectivity index (χ1) is 15.1. The zero-order valence-electron chi connectivity index (χ0n) is 17.4. The number of alkyl halides is 3. The lowest BCUT2D eigenvalue weighted by Crippen LogP contribution is -2.47. The molecule has 7 nitrogen and oxygen atoms in total. The zero-order chi connectivity index (χ0) is 23.1. The van der Waals surface area contributed by atoms with Crippen LogP contribution < -0.4 is 22.1 Å². The number of amides is 1. The number of piperidine rings is 1. The number of halogens is 3. The van der Waals surface area contributed by atoms with Crippen LogP contribution in [-0.2, 0) is 6.18 Å². The summed E-state index contributed by atoms with van der Waals surface area (Å²) in [4.78, 5) is 22.1. The molecule has 0 aromatic carbocycles. The van der Waals surface area contributed by atoms with Gasteiger partial charge in [0, 0.05) is 30.2 Å². The van der Waals surface area contributed by atoms with Crippen molar-refractivity contribution < 1.29 is 18.0 Å². The molecule has 1 amide bonds. The quantitative estimate of drug-likeness (QED) is 0.631. The number of rotatable bonds is 4. The highest BCUT2D eigenvalue weighted by molar-refractivity contribution is 7.99. The summed E-state index contributed by atoms with van der Waals surface area (Å²) in [5.41, 5.74) is 17.3. The number of pyridine rings is 2. The molecule has 1 saturated heterocycles. The van der Waals surface area contributed by atoms with Crippen molar-refractivity contribution in [3.05, 3.63) is 35.7 Å². The van der Waals surface area contributed by atoms with Crippen LogP contribution in [0.5, 0.6) is 0 Å². The minimum absolute atomic E-state index is 0.0323. The number of nitrogens with zero attached hydrogens (tertiary/aromatic N) is 3. The lowest BCUT2D eigenvalue weighted by Gasteiger charge is -2.42. The topological polar surface area (TPSA) is 124 Å².